The Hall–Kier alpha value is -1.42. The predicted molar refractivity (Wildman–Crippen MR) is 79.9 cm³/mol. The number of benzene rings is 1. The quantitative estimate of drug-likeness (QED) is 0.666. The molecule has 19 heavy (non-hydrogen) atoms. The number of esters is 1. The summed E-state index contributed by atoms with van der Waals surface area (Å²) in [5.74, 6) is 0.150. The molecule has 0 aromatic heterocycles. The molecule has 0 aliphatic rings. The lowest BCUT2D eigenvalue weighted by Gasteiger charge is -2.24. The first-order chi connectivity index (χ1) is 8.86. The van der Waals surface area contributed by atoms with E-state index >= 15 is 0 Å². The highest BCUT2D eigenvalue weighted by molar-refractivity contribution is 6.34. The summed E-state index contributed by atoms with van der Waals surface area (Å²) < 4.78 is 4.78. The summed E-state index contributed by atoms with van der Waals surface area (Å²) in [5.41, 5.74) is 7.25. The molecule has 0 fully saturated rings. The molecule has 0 radical (unpaired) electrons. The van der Waals surface area contributed by atoms with Crippen molar-refractivity contribution in [2.75, 3.05) is 31.3 Å². The molecule has 4 nitrogen and oxygen atoms in total. The SMILES string of the molecule is COC(=O)c1cc(N)cc(Cl)c1N(C)CCC(C)C. The Morgan fingerprint density at radius 3 is 2.63 bits per heavy atom. The average Bonchev–Trinajstić information content (AvgIpc) is 2.33. The fourth-order valence-corrected chi connectivity index (χ4v) is 2.21. The fraction of sp³-hybridized carbons (Fsp3) is 0.500. The van der Waals surface area contributed by atoms with E-state index in [1.54, 1.807) is 12.1 Å². The zero-order chi connectivity index (χ0) is 14.6. The summed E-state index contributed by atoms with van der Waals surface area (Å²) in [6, 6.07) is 3.24. The van der Waals surface area contributed by atoms with Crippen LogP contribution < -0.4 is 10.6 Å². The largest absolute Gasteiger partial charge is 0.465 e. The fourth-order valence-electron chi connectivity index (χ4n) is 1.84. The maximum atomic E-state index is 11.8. The van der Waals surface area contributed by atoms with Gasteiger partial charge in [0.15, 0.2) is 0 Å². The smallest absolute Gasteiger partial charge is 0.340 e. The van der Waals surface area contributed by atoms with Crippen LogP contribution in [0.4, 0.5) is 11.4 Å². The van der Waals surface area contributed by atoms with Gasteiger partial charge < -0.3 is 15.4 Å². The summed E-state index contributed by atoms with van der Waals surface area (Å²) in [4.78, 5) is 13.8. The van der Waals surface area contributed by atoms with E-state index in [4.69, 9.17) is 22.1 Å². The molecule has 1 aromatic carbocycles. The number of hydrogen-bond acceptors (Lipinski definition) is 4. The molecule has 0 heterocycles. The van der Waals surface area contributed by atoms with E-state index in [0.717, 1.165) is 13.0 Å². The van der Waals surface area contributed by atoms with Gasteiger partial charge >= 0.3 is 5.97 Å². The van der Waals surface area contributed by atoms with Crippen molar-refractivity contribution in [1.82, 2.24) is 0 Å². The first-order valence-electron chi connectivity index (χ1n) is 6.25. The Labute approximate surface area is 119 Å². The summed E-state index contributed by atoms with van der Waals surface area (Å²) in [6.07, 6.45) is 1.01. The van der Waals surface area contributed by atoms with Crippen LogP contribution in [0.15, 0.2) is 12.1 Å². The maximum absolute atomic E-state index is 11.8. The molecule has 0 bridgehead atoms. The minimum absolute atomic E-state index is 0.402. The van der Waals surface area contributed by atoms with Gasteiger partial charge in [0.1, 0.15) is 0 Å². The summed E-state index contributed by atoms with van der Waals surface area (Å²) >= 11 is 6.22. The van der Waals surface area contributed by atoms with Crippen LogP contribution in [0.2, 0.25) is 5.02 Å². The number of halogens is 1. The van der Waals surface area contributed by atoms with Gasteiger partial charge in [-0.2, -0.15) is 0 Å². The molecule has 0 saturated carbocycles. The highest BCUT2D eigenvalue weighted by Crippen LogP contribution is 2.32. The highest BCUT2D eigenvalue weighted by atomic mass is 35.5. The van der Waals surface area contributed by atoms with E-state index in [9.17, 15) is 4.79 Å². The van der Waals surface area contributed by atoms with Gasteiger partial charge in [-0.15, -0.1) is 0 Å². The van der Waals surface area contributed by atoms with E-state index in [1.165, 1.54) is 7.11 Å². The molecule has 0 aliphatic heterocycles. The third kappa shape index (κ3) is 4.03. The monoisotopic (exact) mass is 284 g/mol. The van der Waals surface area contributed by atoms with E-state index < -0.39 is 5.97 Å². The van der Waals surface area contributed by atoms with Gasteiger partial charge in [0.05, 0.1) is 23.4 Å². The Bertz CT molecular complexity index is 461. The average molecular weight is 285 g/mol. The van der Waals surface area contributed by atoms with Gasteiger partial charge in [0.25, 0.3) is 0 Å². The molecule has 2 N–H and O–H groups in total. The first kappa shape index (κ1) is 15.6. The van der Waals surface area contributed by atoms with Crippen molar-refractivity contribution >= 4 is 28.9 Å². The van der Waals surface area contributed by atoms with Gasteiger partial charge in [0.2, 0.25) is 0 Å². The van der Waals surface area contributed by atoms with Crippen LogP contribution in [-0.2, 0) is 4.74 Å². The maximum Gasteiger partial charge on any atom is 0.340 e. The first-order valence-corrected chi connectivity index (χ1v) is 6.63. The Kier molecular flexibility index (Phi) is 5.48. The number of ether oxygens (including phenoxy) is 1. The second-order valence-electron chi connectivity index (χ2n) is 4.99. The van der Waals surface area contributed by atoms with Gasteiger partial charge in [-0.1, -0.05) is 25.4 Å². The lowest BCUT2D eigenvalue weighted by Crippen LogP contribution is -2.23. The lowest BCUT2D eigenvalue weighted by atomic mass is 10.1. The summed E-state index contributed by atoms with van der Waals surface area (Å²) in [5, 5.41) is 0.464. The number of nitrogens with two attached hydrogens (primary N) is 1. The predicted octanol–water partition coefficient (Wildman–Crippen LogP) is 3.19. The minimum atomic E-state index is -0.430. The molecule has 0 spiro atoms. The third-order valence-corrected chi connectivity index (χ3v) is 3.20. The van der Waals surface area contributed by atoms with Crippen LogP contribution in [0.1, 0.15) is 30.6 Å². The van der Waals surface area contributed by atoms with Crippen LogP contribution in [-0.4, -0.2) is 26.7 Å². The van der Waals surface area contributed by atoms with Gasteiger partial charge in [-0.3, -0.25) is 0 Å². The molecule has 0 amide bonds. The van der Waals surface area contributed by atoms with Crippen LogP contribution >= 0.6 is 11.6 Å². The molecular weight excluding hydrogens is 264 g/mol. The molecular formula is C14H21ClN2O2. The molecule has 0 aliphatic carbocycles. The van der Waals surface area contributed by atoms with Crippen molar-refractivity contribution in [2.45, 2.75) is 20.3 Å². The minimum Gasteiger partial charge on any atom is -0.465 e. The Morgan fingerprint density at radius 2 is 2.11 bits per heavy atom. The number of anilines is 2. The van der Waals surface area contributed by atoms with Gasteiger partial charge in [-0.25, -0.2) is 4.79 Å². The van der Waals surface area contributed by atoms with Crippen LogP contribution in [0, 0.1) is 5.92 Å². The molecule has 1 aromatic rings. The third-order valence-electron chi connectivity index (χ3n) is 2.91. The van der Waals surface area contributed by atoms with Gasteiger partial charge in [-0.05, 0) is 24.5 Å². The number of nitrogen functional groups attached to an aromatic ring is 1. The van der Waals surface area contributed by atoms with E-state index in [1.807, 2.05) is 11.9 Å². The van der Waals surface area contributed by atoms with Crippen molar-refractivity contribution < 1.29 is 9.53 Å². The Morgan fingerprint density at radius 1 is 1.47 bits per heavy atom. The zero-order valence-electron chi connectivity index (χ0n) is 11.9. The van der Waals surface area contributed by atoms with E-state index in [-0.39, 0.29) is 0 Å². The van der Waals surface area contributed by atoms with Crippen molar-refractivity contribution in [2.24, 2.45) is 5.92 Å². The summed E-state index contributed by atoms with van der Waals surface area (Å²) in [7, 11) is 3.25. The van der Waals surface area contributed by atoms with Crippen molar-refractivity contribution in [3.05, 3.63) is 22.7 Å². The van der Waals surface area contributed by atoms with Crippen LogP contribution in [0.25, 0.3) is 0 Å². The molecule has 0 saturated heterocycles. The number of carbonyl (C=O) groups is 1. The van der Waals surface area contributed by atoms with Crippen LogP contribution in [0.3, 0.4) is 0 Å². The standard InChI is InChI=1S/C14H21ClN2O2/c1-9(2)5-6-17(3)13-11(14(18)19-4)7-10(16)8-12(13)15/h7-9H,5-6,16H2,1-4H3. The topological polar surface area (TPSA) is 55.6 Å². The normalized spacial score (nSPS) is 10.6. The lowest BCUT2D eigenvalue weighted by molar-refractivity contribution is 0.0601. The molecule has 1 rings (SSSR count). The van der Waals surface area contributed by atoms with Crippen LogP contribution in [0.5, 0.6) is 0 Å². The molecule has 0 atom stereocenters. The number of nitrogens with zero attached hydrogens (tertiary/aromatic N) is 1. The highest BCUT2D eigenvalue weighted by Gasteiger charge is 2.19. The number of methoxy groups -OCH3 is 1. The second-order valence-corrected chi connectivity index (χ2v) is 5.40. The van der Waals surface area contributed by atoms with E-state index in [0.29, 0.717) is 27.9 Å². The zero-order valence-corrected chi connectivity index (χ0v) is 12.6. The van der Waals surface area contributed by atoms with Crippen molar-refractivity contribution in [3.8, 4) is 0 Å². The number of hydrogen-bond donors (Lipinski definition) is 1. The molecule has 5 heteroatoms. The second kappa shape index (κ2) is 6.66. The van der Waals surface area contributed by atoms with Gasteiger partial charge in [0, 0.05) is 19.3 Å². The molecule has 0 unspecified atom stereocenters. The number of rotatable bonds is 5. The summed E-state index contributed by atoms with van der Waals surface area (Å²) in [6.45, 7) is 5.12. The van der Waals surface area contributed by atoms with Crippen molar-refractivity contribution in [3.63, 3.8) is 0 Å². The Balaban J connectivity index is 3.13. The number of carbonyl (C=O) groups excluding carboxylic acids is 1. The van der Waals surface area contributed by atoms with E-state index in [2.05, 4.69) is 13.8 Å². The molecule has 106 valence electrons. The van der Waals surface area contributed by atoms with Crippen molar-refractivity contribution in [1.29, 1.82) is 0 Å².